The first-order valence-corrected chi connectivity index (χ1v) is 11.7. The van der Waals surface area contributed by atoms with Crippen molar-refractivity contribution in [1.82, 2.24) is 14.9 Å². The maximum atomic E-state index is 14.3. The summed E-state index contributed by atoms with van der Waals surface area (Å²) in [7, 11) is -2.78. The zero-order chi connectivity index (χ0) is 24.5. The molecule has 0 spiro atoms. The summed E-state index contributed by atoms with van der Waals surface area (Å²) >= 11 is 5.71. The number of aromatic amines is 1. The van der Waals surface area contributed by atoms with Crippen molar-refractivity contribution in [2.75, 3.05) is 7.05 Å². The molecule has 0 aliphatic carbocycles. The topological polar surface area (TPSA) is 126 Å². The molecule has 0 saturated heterocycles. The first kappa shape index (κ1) is 24.4. The third kappa shape index (κ3) is 4.62. The quantitative estimate of drug-likeness (QED) is 0.488. The molecule has 8 nitrogen and oxygen atoms in total. The van der Waals surface area contributed by atoms with Crippen LogP contribution in [-0.4, -0.2) is 42.1 Å². The predicted octanol–water partition coefficient (Wildman–Crippen LogP) is 3.53. The van der Waals surface area contributed by atoms with E-state index < -0.39 is 39.1 Å². The molecule has 0 aliphatic heterocycles. The third-order valence-electron chi connectivity index (χ3n) is 5.03. The van der Waals surface area contributed by atoms with E-state index in [0.717, 1.165) is 0 Å². The van der Waals surface area contributed by atoms with Crippen LogP contribution >= 0.6 is 11.6 Å². The van der Waals surface area contributed by atoms with Crippen LogP contribution in [0.25, 0.3) is 0 Å². The molecule has 11 heteroatoms. The molecule has 0 saturated carbocycles. The molecule has 2 heterocycles. The summed E-state index contributed by atoms with van der Waals surface area (Å²) in [5.41, 5.74) is 5.22. The highest BCUT2D eigenvalue weighted by Crippen LogP contribution is 2.35. The third-order valence-corrected chi connectivity index (χ3v) is 7.15. The van der Waals surface area contributed by atoms with Crippen molar-refractivity contribution in [3.05, 3.63) is 76.1 Å². The minimum atomic E-state index is -4.19. The lowest BCUT2D eigenvalue weighted by Crippen LogP contribution is -2.28. The number of benzene rings is 1. The number of H-pyrrole nitrogens is 1. The Kier molecular flexibility index (Phi) is 6.89. The van der Waals surface area contributed by atoms with Gasteiger partial charge >= 0.3 is 0 Å². The summed E-state index contributed by atoms with van der Waals surface area (Å²) in [6.07, 6.45) is 1.31. The summed E-state index contributed by atoms with van der Waals surface area (Å²) < 4.78 is 41.2. The monoisotopic (exact) mass is 492 g/mol. The first-order chi connectivity index (χ1) is 15.5. The Balaban J connectivity index is 2.15. The molecule has 3 rings (SSSR count). The van der Waals surface area contributed by atoms with Crippen molar-refractivity contribution in [3.63, 3.8) is 0 Å². The van der Waals surface area contributed by atoms with Gasteiger partial charge in [0, 0.05) is 30.9 Å². The first-order valence-electron chi connectivity index (χ1n) is 9.86. The largest absolute Gasteiger partial charge is 0.364 e. The van der Waals surface area contributed by atoms with Crippen molar-refractivity contribution < 1.29 is 22.4 Å². The van der Waals surface area contributed by atoms with Crippen LogP contribution in [0.4, 0.5) is 4.39 Å². The average molecular weight is 493 g/mol. The molecule has 174 valence electrons. The molecule has 0 aliphatic rings. The normalized spacial score (nSPS) is 11.6. The minimum Gasteiger partial charge on any atom is -0.364 e. The van der Waals surface area contributed by atoms with Gasteiger partial charge in [0.1, 0.15) is 16.3 Å². The number of carbonyl (C=O) groups is 2. The van der Waals surface area contributed by atoms with Crippen LogP contribution in [0.15, 0.2) is 52.4 Å². The summed E-state index contributed by atoms with van der Waals surface area (Å²) in [4.78, 5) is 32.5. The van der Waals surface area contributed by atoms with Crippen LogP contribution in [0.5, 0.6) is 0 Å². The molecule has 2 aromatic heterocycles. The second-order valence-corrected chi connectivity index (χ2v) is 9.93. The van der Waals surface area contributed by atoms with E-state index >= 15 is 0 Å². The van der Waals surface area contributed by atoms with E-state index in [1.807, 2.05) is 0 Å². The zero-order valence-electron chi connectivity index (χ0n) is 18.1. The lowest BCUT2D eigenvalue weighted by atomic mass is 10.0. The molecule has 0 bridgehead atoms. The molecular formula is C22H22ClFN4O4S. The van der Waals surface area contributed by atoms with Crippen molar-refractivity contribution in [3.8, 4) is 0 Å². The second-order valence-electron chi connectivity index (χ2n) is 7.69. The molecule has 3 N–H and O–H groups in total. The number of halogens is 2. The summed E-state index contributed by atoms with van der Waals surface area (Å²) in [5.74, 6) is -2.91. The Hall–Kier alpha value is -3.24. The maximum absolute atomic E-state index is 14.3. The lowest BCUT2D eigenvalue weighted by Gasteiger charge is -2.19. The van der Waals surface area contributed by atoms with Gasteiger partial charge in [-0.2, -0.15) is 0 Å². The number of nitrogens with two attached hydrogens (primary N) is 1. The number of nitrogens with zero attached hydrogens (tertiary/aromatic N) is 2. The summed E-state index contributed by atoms with van der Waals surface area (Å²) in [6.45, 7) is 3.21. The number of pyridine rings is 1. The average Bonchev–Trinajstić information content (AvgIpc) is 3.19. The highest BCUT2D eigenvalue weighted by atomic mass is 35.5. The lowest BCUT2D eigenvalue weighted by molar-refractivity contribution is 0.0777. The van der Waals surface area contributed by atoms with Crippen LogP contribution in [0.2, 0.25) is 5.15 Å². The highest BCUT2D eigenvalue weighted by Gasteiger charge is 2.35. The summed E-state index contributed by atoms with van der Waals surface area (Å²) in [6, 6.07) is 8.91. The van der Waals surface area contributed by atoms with Gasteiger partial charge in [0.2, 0.25) is 9.84 Å². The Morgan fingerprint density at radius 2 is 1.82 bits per heavy atom. The molecule has 0 fully saturated rings. The number of hydrogen-bond acceptors (Lipinski definition) is 5. The molecule has 0 radical (unpaired) electrons. The minimum absolute atomic E-state index is 0.0470. The number of rotatable bonds is 7. The van der Waals surface area contributed by atoms with Gasteiger partial charge in [0.25, 0.3) is 11.8 Å². The molecule has 1 aromatic carbocycles. The number of amides is 2. The fraction of sp³-hybridized carbons (Fsp3) is 0.227. The van der Waals surface area contributed by atoms with E-state index in [1.165, 1.54) is 36.3 Å². The fourth-order valence-corrected chi connectivity index (χ4v) is 5.46. The molecule has 0 unspecified atom stereocenters. The Labute approximate surface area is 195 Å². The van der Waals surface area contributed by atoms with E-state index in [2.05, 4.69) is 9.97 Å². The van der Waals surface area contributed by atoms with Crippen LogP contribution in [0.3, 0.4) is 0 Å². The molecule has 33 heavy (non-hydrogen) atoms. The Morgan fingerprint density at radius 1 is 1.18 bits per heavy atom. The van der Waals surface area contributed by atoms with Gasteiger partial charge in [0.15, 0.2) is 11.0 Å². The van der Waals surface area contributed by atoms with E-state index in [9.17, 15) is 22.4 Å². The number of aromatic nitrogens is 2. The van der Waals surface area contributed by atoms with Crippen LogP contribution < -0.4 is 5.73 Å². The molecular weight excluding hydrogens is 471 g/mol. The van der Waals surface area contributed by atoms with Gasteiger partial charge in [0.05, 0.1) is 4.90 Å². The van der Waals surface area contributed by atoms with Gasteiger partial charge in [-0.25, -0.2) is 17.8 Å². The molecule has 3 aromatic rings. The molecule has 2 amide bonds. The maximum Gasteiger partial charge on any atom is 0.270 e. The van der Waals surface area contributed by atoms with Crippen molar-refractivity contribution in [1.29, 1.82) is 0 Å². The SMILES string of the molecule is CC(C)c1c(C(=O)N(C)Cc2ccnc(Cl)c2F)[nH]c(C(N)=O)c1S(=O)(=O)c1ccccc1. The molecule has 0 atom stereocenters. The highest BCUT2D eigenvalue weighted by molar-refractivity contribution is 7.91. The predicted molar refractivity (Wildman–Crippen MR) is 120 cm³/mol. The van der Waals surface area contributed by atoms with E-state index in [1.54, 1.807) is 32.0 Å². The van der Waals surface area contributed by atoms with E-state index in [4.69, 9.17) is 17.3 Å². The fourth-order valence-electron chi connectivity index (χ4n) is 3.48. The standard InChI is InChI=1S/C22H22ClFN4O4S/c1-12(2)15-17(22(30)28(3)11-13-9-10-26-20(23)16(13)24)27-18(21(25)29)19(15)33(31,32)14-7-5-4-6-8-14/h4-10,12,27H,11H2,1-3H3,(H2,25,29). The van der Waals surface area contributed by atoms with Crippen molar-refractivity contribution in [2.24, 2.45) is 5.73 Å². The van der Waals surface area contributed by atoms with Crippen molar-refractivity contribution >= 4 is 33.3 Å². The number of nitrogens with one attached hydrogen (secondary N) is 1. The van der Waals surface area contributed by atoms with Gasteiger partial charge in [-0.1, -0.05) is 43.6 Å². The Bertz CT molecular complexity index is 1320. The van der Waals surface area contributed by atoms with Crippen LogP contribution in [-0.2, 0) is 16.4 Å². The zero-order valence-corrected chi connectivity index (χ0v) is 19.7. The number of primary amides is 1. The van der Waals surface area contributed by atoms with Gasteiger partial charge in [-0.05, 0) is 24.1 Å². The van der Waals surface area contributed by atoms with E-state index in [0.29, 0.717) is 0 Å². The smallest absolute Gasteiger partial charge is 0.270 e. The second kappa shape index (κ2) is 9.32. The van der Waals surface area contributed by atoms with Crippen molar-refractivity contribution in [2.45, 2.75) is 36.1 Å². The number of sulfone groups is 1. The number of carbonyl (C=O) groups excluding carboxylic acids is 2. The van der Waals surface area contributed by atoms with Crippen LogP contribution in [0.1, 0.15) is 51.9 Å². The number of hydrogen-bond donors (Lipinski definition) is 2. The Morgan fingerprint density at radius 3 is 2.39 bits per heavy atom. The van der Waals surface area contributed by atoms with Gasteiger partial charge in [-0.3, -0.25) is 9.59 Å². The van der Waals surface area contributed by atoms with Crippen LogP contribution in [0, 0.1) is 5.82 Å². The van der Waals surface area contributed by atoms with E-state index in [-0.39, 0.29) is 38.3 Å². The summed E-state index contributed by atoms with van der Waals surface area (Å²) in [5, 5.41) is -0.330. The van der Waals surface area contributed by atoms with Gasteiger partial charge in [-0.15, -0.1) is 0 Å². The van der Waals surface area contributed by atoms with Gasteiger partial charge < -0.3 is 15.6 Å².